The van der Waals surface area contributed by atoms with Crippen molar-refractivity contribution < 1.29 is 8.42 Å². The highest BCUT2D eigenvalue weighted by atomic mass is 35.5. The summed E-state index contributed by atoms with van der Waals surface area (Å²) in [5, 5.41) is 12.1. The molecular weight excluding hydrogens is 286 g/mol. The van der Waals surface area contributed by atoms with E-state index in [1.165, 1.54) is 18.2 Å². The van der Waals surface area contributed by atoms with E-state index in [2.05, 4.69) is 10.0 Å². The molecule has 0 amide bonds. The van der Waals surface area contributed by atoms with E-state index in [4.69, 9.17) is 16.9 Å². The number of hydrogen-bond acceptors (Lipinski definition) is 4. The van der Waals surface area contributed by atoms with Gasteiger partial charge < -0.3 is 5.32 Å². The summed E-state index contributed by atoms with van der Waals surface area (Å²) in [7, 11) is -3.70. The van der Waals surface area contributed by atoms with E-state index in [1.54, 1.807) is 0 Å². The van der Waals surface area contributed by atoms with Gasteiger partial charge in [0.05, 0.1) is 16.7 Å². The number of nitrogens with one attached hydrogen (secondary N) is 2. The molecule has 1 heterocycles. The van der Waals surface area contributed by atoms with Crippen LogP contribution in [0.3, 0.4) is 0 Å². The summed E-state index contributed by atoms with van der Waals surface area (Å²) in [6.07, 6.45) is 1.72. The van der Waals surface area contributed by atoms with Crippen molar-refractivity contribution in [2.45, 2.75) is 23.8 Å². The third kappa shape index (κ3) is 3.45. The van der Waals surface area contributed by atoms with Gasteiger partial charge in [-0.2, -0.15) is 5.26 Å². The van der Waals surface area contributed by atoms with Crippen LogP contribution in [0.4, 0.5) is 0 Å². The summed E-state index contributed by atoms with van der Waals surface area (Å²) >= 11 is 5.91. The molecule has 0 spiro atoms. The smallest absolute Gasteiger partial charge is 0.242 e. The molecule has 0 radical (unpaired) electrons. The molecule has 1 atom stereocenters. The zero-order valence-electron chi connectivity index (χ0n) is 10.2. The third-order valence-electron chi connectivity index (χ3n) is 2.97. The van der Waals surface area contributed by atoms with Crippen molar-refractivity contribution in [2.24, 2.45) is 0 Å². The molecule has 0 bridgehead atoms. The van der Waals surface area contributed by atoms with Crippen LogP contribution in [0.5, 0.6) is 0 Å². The Morgan fingerprint density at radius 3 is 2.89 bits per heavy atom. The van der Waals surface area contributed by atoms with Gasteiger partial charge in [0.25, 0.3) is 0 Å². The van der Waals surface area contributed by atoms with E-state index in [0.29, 0.717) is 6.54 Å². The molecule has 1 saturated heterocycles. The first kappa shape index (κ1) is 14.3. The van der Waals surface area contributed by atoms with Crippen molar-refractivity contribution in [1.82, 2.24) is 10.0 Å². The molecule has 1 aliphatic heterocycles. The second kappa shape index (κ2) is 5.88. The Morgan fingerprint density at radius 1 is 1.47 bits per heavy atom. The first-order valence-corrected chi connectivity index (χ1v) is 7.82. The predicted molar refractivity (Wildman–Crippen MR) is 72.4 cm³/mol. The number of rotatable bonds is 3. The van der Waals surface area contributed by atoms with Gasteiger partial charge in [-0.3, -0.25) is 0 Å². The van der Waals surface area contributed by atoms with E-state index in [0.717, 1.165) is 19.4 Å². The highest BCUT2D eigenvalue weighted by molar-refractivity contribution is 7.89. The predicted octanol–water partition coefficient (Wildman–Crippen LogP) is 1.24. The number of halogens is 1. The third-order valence-corrected chi connectivity index (χ3v) is 4.97. The van der Waals surface area contributed by atoms with Gasteiger partial charge in [0.15, 0.2) is 0 Å². The molecule has 0 aromatic heterocycles. The Morgan fingerprint density at radius 2 is 2.26 bits per heavy atom. The highest BCUT2D eigenvalue weighted by Crippen LogP contribution is 2.23. The maximum Gasteiger partial charge on any atom is 0.242 e. The van der Waals surface area contributed by atoms with E-state index < -0.39 is 10.0 Å². The van der Waals surface area contributed by atoms with Gasteiger partial charge in [0.1, 0.15) is 4.90 Å². The molecule has 1 unspecified atom stereocenters. The summed E-state index contributed by atoms with van der Waals surface area (Å²) in [4.78, 5) is -0.0428. The second-order valence-corrected chi connectivity index (χ2v) is 6.51. The summed E-state index contributed by atoms with van der Waals surface area (Å²) < 4.78 is 27.1. The van der Waals surface area contributed by atoms with Crippen LogP contribution in [0.15, 0.2) is 23.1 Å². The van der Waals surface area contributed by atoms with E-state index in [-0.39, 0.29) is 21.5 Å². The fourth-order valence-electron chi connectivity index (χ4n) is 2.01. The minimum Gasteiger partial charge on any atom is -0.315 e. The molecule has 1 aromatic carbocycles. The Kier molecular flexibility index (Phi) is 4.42. The standard InChI is InChI=1S/C12H14ClN3O2S/c13-11-4-3-9(7-14)6-12(11)19(17,18)16-10-2-1-5-15-8-10/h3-4,6,10,15-16H,1-2,5,8H2. The largest absolute Gasteiger partial charge is 0.315 e. The quantitative estimate of drug-likeness (QED) is 0.880. The van der Waals surface area contributed by atoms with Crippen LogP contribution >= 0.6 is 11.6 Å². The molecule has 2 rings (SSSR count). The fraction of sp³-hybridized carbons (Fsp3) is 0.417. The summed E-state index contributed by atoms with van der Waals surface area (Å²) in [5.74, 6) is 0. The molecule has 102 valence electrons. The number of nitriles is 1. The lowest BCUT2D eigenvalue weighted by Crippen LogP contribution is -2.45. The van der Waals surface area contributed by atoms with Crippen molar-refractivity contribution in [3.63, 3.8) is 0 Å². The minimum atomic E-state index is -3.70. The van der Waals surface area contributed by atoms with Crippen LogP contribution in [-0.2, 0) is 10.0 Å². The normalized spacial score (nSPS) is 19.9. The van der Waals surface area contributed by atoms with E-state index in [9.17, 15) is 8.42 Å². The average molecular weight is 300 g/mol. The zero-order valence-corrected chi connectivity index (χ0v) is 11.8. The molecule has 19 heavy (non-hydrogen) atoms. The van der Waals surface area contributed by atoms with Gasteiger partial charge in [-0.25, -0.2) is 13.1 Å². The molecule has 1 aromatic rings. The number of sulfonamides is 1. The SMILES string of the molecule is N#Cc1ccc(Cl)c(S(=O)(=O)NC2CCCNC2)c1. The number of hydrogen-bond donors (Lipinski definition) is 2. The van der Waals surface area contributed by atoms with Gasteiger partial charge in [-0.05, 0) is 37.6 Å². The molecule has 1 aliphatic rings. The van der Waals surface area contributed by atoms with Crippen molar-refractivity contribution in [1.29, 1.82) is 5.26 Å². The molecule has 0 aliphatic carbocycles. The lowest BCUT2D eigenvalue weighted by Gasteiger charge is -2.23. The van der Waals surface area contributed by atoms with Crippen LogP contribution in [0.1, 0.15) is 18.4 Å². The van der Waals surface area contributed by atoms with Crippen LogP contribution in [0.25, 0.3) is 0 Å². The van der Waals surface area contributed by atoms with Crippen LogP contribution < -0.4 is 10.0 Å². The van der Waals surface area contributed by atoms with Gasteiger partial charge in [0, 0.05) is 12.6 Å². The van der Waals surface area contributed by atoms with Gasteiger partial charge >= 0.3 is 0 Å². The molecular formula is C12H14ClN3O2S. The topological polar surface area (TPSA) is 82.0 Å². The van der Waals surface area contributed by atoms with Gasteiger partial charge in [-0.1, -0.05) is 11.6 Å². The van der Waals surface area contributed by atoms with Gasteiger partial charge in [-0.15, -0.1) is 0 Å². The number of piperidine rings is 1. The first-order valence-electron chi connectivity index (χ1n) is 5.95. The van der Waals surface area contributed by atoms with Gasteiger partial charge in [0.2, 0.25) is 10.0 Å². The number of benzene rings is 1. The zero-order chi connectivity index (χ0) is 13.9. The van der Waals surface area contributed by atoms with Crippen molar-refractivity contribution in [3.05, 3.63) is 28.8 Å². The maximum atomic E-state index is 12.3. The maximum absolute atomic E-state index is 12.3. The second-order valence-electron chi connectivity index (χ2n) is 4.42. The summed E-state index contributed by atoms with van der Waals surface area (Å²) in [5.41, 5.74) is 0.270. The Bertz CT molecular complexity index is 604. The van der Waals surface area contributed by atoms with Crippen molar-refractivity contribution in [3.8, 4) is 6.07 Å². The Labute approximate surface area is 117 Å². The average Bonchev–Trinajstić information content (AvgIpc) is 2.39. The molecule has 7 heteroatoms. The van der Waals surface area contributed by atoms with Crippen LogP contribution in [0.2, 0.25) is 5.02 Å². The van der Waals surface area contributed by atoms with Crippen LogP contribution in [-0.4, -0.2) is 27.5 Å². The Balaban J connectivity index is 2.26. The van der Waals surface area contributed by atoms with Crippen molar-refractivity contribution >= 4 is 21.6 Å². The molecule has 0 saturated carbocycles. The van der Waals surface area contributed by atoms with Crippen molar-refractivity contribution in [2.75, 3.05) is 13.1 Å². The monoisotopic (exact) mass is 299 g/mol. The first-order chi connectivity index (χ1) is 9.03. The highest BCUT2D eigenvalue weighted by Gasteiger charge is 2.24. The Hall–Kier alpha value is -1.13. The minimum absolute atomic E-state index is 0.0428. The summed E-state index contributed by atoms with van der Waals surface area (Å²) in [6, 6.07) is 5.98. The molecule has 1 fully saturated rings. The lowest BCUT2D eigenvalue weighted by atomic mass is 10.1. The molecule has 5 nitrogen and oxygen atoms in total. The lowest BCUT2D eigenvalue weighted by molar-refractivity contribution is 0.428. The fourth-order valence-corrected chi connectivity index (χ4v) is 3.81. The summed E-state index contributed by atoms with van der Waals surface area (Å²) in [6.45, 7) is 1.51. The molecule has 2 N–H and O–H groups in total. The van der Waals surface area contributed by atoms with Crippen LogP contribution in [0, 0.1) is 11.3 Å². The van der Waals surface area contributed by atoms with E-state index >= 15 is 0 Å². The number of nitrogens with zero attached hydrogens (tertiary/aromatic N) is 1. The van der Waals surface area contributed by atoms with E-state index in [1.807, 2.05) is 6.07 Å².